The summed E-state index contributed by atoms with van der Waals surface area (Å²) in [5.74, 6) is 4.31. The minimum Gasteiger partial charge on any atom is -0.452 e. The molecule has 0 spiro atoms. The second-order valence-corrected chi connectivity index (χ2v) is 30.0. The van der Waals surface area contributed by atoms with E-state index in [2.05, 4.69) is 166 Å². The van der Waals surface area contributed by atoms with Gasteiger partial charge < -0.3 is 61.1 Å². The van der Waals surface area contributed by atoms with Crippen LogP contribution >= 0.6 is 46.4 Å². The summed E-state index contributed by atoms with van der Waals surface area (Å²) >= 11 is 23.0. The maximum Gasteiger partial charge on any atom is 0.410 e. The molecule has 25 heteroatoms. The lowest BCUT2D eigenvalue weighted by atomic mass is 9.87. The molecular weight excluding hydrogens is 1500 g/mol. The van der Waals surface area contributed by atoms with Gasteiger partial charge in [0.15, 0.2) is 12.4 Å². The highest BCUT2D eigenvalue weighted by molar-refractivity contribution is 6.41. The third-order valence-corrected chi connectivity index (χ3v) is 17.8. The van der Waals surface area contributed by atoms with Crippen LogP contribution in [0.15, 0.2) is 254 Å². The highest BCUT2D eigenvalue weighted by atomic mass is 35.5. The summed E-state index contributed by atoms with van der Waals surface area (Å²) in [6.45, 7) is 30.1. The van der Waals surface area contributed by atoms with Gasteiger partial charge in [-0.05, 0) is 180 Å². The number of piperazine rings is 2. The Hall–Kier alpha value is -11.0. The fraction of sp³-hybridized carbons (Fsp3) is 0.307. The molecule has 113 heavy (non-hydrogen) atoms. The quantitative estimate of drug-likeness (QED) is 0.00955. The van der Waals surface area contributed by atoms with Gasteiger partial charge in [-0.25, -0.2) is 15.0 Å². The summed E-state index contributed by atoms with van der Waals surface area (Å²) in [5.41, 5.74) is 12.5. The lowest BCUT2D eigenvalue weighted by molar-refractivity contribution is 0.211. The molecule has 3 aromatic heterocycles. The number of nitriles is 3. The Labute approximate surface area is 687 Å². The van der Waals surface area contributed by atoms with Gasteiger partial charge in [0.1, 0.15) is 39.8 Å². The Bertz CT molecular complexity index is 4180. The molecule has 2 unspecified atom stereocenters. The van der Waals surface area contributed by atoms with Gasteiger partial charge in [-0.3, -0.25) is 10.6 Å². The number of nitrogens with two attached hydrogens (primary N) is 1. The van der Waals surface area contributed by atoms with Crippen LogP contribution < -0.4 is 71.7 Å². The molecular formula is C88H105Cl4N17O4. The zero-order chi connectivity index (χ0) is 81.5. The van der Waals surface area contributed by atoms with Crippen molar-refractivity contribution < 1.29 is 18.9 Å². The van der Waals surface area contributed by atoms with Crippen LogP contribution in [0.4, 0.5) is 28.7 Å². The van der Waals surface area contributed by atoms with Crippen LogP contribution in [0.2, 0.25) is 20.2 Å². The molecule has 0 saturated carbocycles. The van der Waals surface area contributed by atoms with Gasteiger partial charge in [0.25, 0.3) is 12.7 Å². The number of rotatable bonds is 14. The smallest absolute Gasteiger partial charge is 0.410 e. The number of piperidine rings is 1. The lowest BCUT2D eigenvalue weighted by Crippen LogP contribution is -2.44. The third kappa shape index (κ3) is 36.3. The molecule has 2 atom stereocenters. The fourth-order valence-electron chi connectivity index (χ4n) is 10.4. The van der Waals surface area contributed by atoms with Gasteiger partial charge in [-0.15, -0.1) is 0 Å². The van der Waals surface area contributed by atoms with Gasteiger partial charge in [0.2, 0.25) is 6.19 Å². The first-order chi connectivity index (χ1) is 54.4. The number of halogens is 4. The molecule has 13 rings (SSSR count). The molecule has 0 radical (unpaired) electrons. The van der Waals surface area contributed by atoms with Crippen LogP contribution in [-0.4, -0.2) is 99.2 Å². The number of anilines is 5. The minimum atomic E-state index is -0.618. The highest BCUT2D eigenvalue weighted by Gasteiger charge is 2.19. The van der Waals surface area contributed by atoms with Crippen LogP contribution in [0.1, 0.15) is 98.3 Å². The molecule has 10 aromatic rings. The number of ether oxygens (including phenoxy) is 4. The maximum absolute atomic E-state index is 8.86. The number of aliphatic imine (C=N–C) groups is 1. The second kappa shape index (κ2) is 50.1. The molecule has 21 nitrogen and oxygen atoms in total. The first-order valence-electron chi connectivity index (χ1n) is 37.3. The zero-order valence-corrected chi connectivity index (χ0v) is 68.8. The van der Waals surface area contributed by atoms with Crippen molar-refractivity contribution in [3.8, 4) is 41.6 Å². The Kier molecular flexibility index (Phi) is 40.3. The van der Waals surface area contributed by atoms with E-state index in [0.717, 1.165) is 91.1 Å². The Balaban J connectivity index is 0.000000207. The molecule has 9 N–H and O–H groups in total. The first kappa shape index (κ1) is 90.9. The highest BCUT2D eigenvalue weighted by Crippen LogP contribution is 2.28. The van der Waals surface area contributed by atoms with Crippen molar-refractivity contribution in [3.63, 3.8) is 0 Å². The predicted molar refractivity (Wildman–Crippen MR) is 463 cm³/mol. The van der Waals surface area contributed by atoms with Crippen LogP contribution in [-0.2, 0) is 16.2 Å². The number of nitrogen functional groups attached to an aromatic ring is 1. The number of para-hydroxylation sites is 4. The van der Waals surface area contributed by atoms with E-state index in [4.69, 9.17) is 86.9 Å². The summed E-state index contributed by atoms with van der Waals surface area (Å²) in [4.78, 5) is 20.2. The van der Waals surface area contributed by atoms with Gasteiger partial charge in [-0.1, -0.05) is 229 Å². The number of pyridine rings is 3. The number of hydrogen-bond donors (Lipinski definition) is 8. The topological polar surface area (TPSA) is 276 Å². The molecule has 594 valence electrons. The molecule has 0 aliphatic carbocycles. The van der Waals surface area contributed by atoms with E-state index in [9.17, 15) is 0 Å². The van der Waals surface area contributed by atoms with Crippen molar-refractivity contribution in [1.29, 1.82) is 15.8 Å². The normalized spacial score (nSPS) is 13.2. The largest absolute Gasteiger partial charge is 0.452 e. The number of aromatic nitrogens is 3. The van der Waals surface area contributed by atoms with Crippen molar-refractivity contribution in [3.05, 3.63) is 286 Å². The number of hydrogen-bond acceptors (Lipinski definition) is 21. The zero-order valence-electron chi connectivity index (χ0n) is 65.8. The number of nitrogens with zero attached hydrogens (tertiary/aromatic N) is 9. The van der Waals surface area contributed by atoms with Gasteiger partial charge in [-0.2, -0.15) is 15.8 Å². The van der Waals surface area contributed by atoms with Crippen molar-refractivity contribution >= 4 is 81.2 Å². The molecule has 0 amide bonds. The number of nitrogens with one attached hydrogen (secondary N) is 7. The fourth-order valence-corrected chi connectivity index (χ4v) is 11.1. The monoisotopic (exact) mass is 1600 g/mol. The Morgan fingerprint density at radius 3 is 1.03 bits per heavy atom. The van der Waals surface area contributed by atoms with E-state index >= 15 is 0 Å². The first-order valence-corrected chi connectivity index (χ1v) is 38.8. The van der Waals surface area contributed by atoms with E-state index in [1.807, 2.05) is 170 Å². The van der Waals surface area contributed by atoms with Crippen molar-refractivity contribution in [2.75, 3.05) is 91.6 Å². The van der Waals surface area contributed by atoms with Gasteiger partial charge in [0.05, 0.1) is 15.1 Å². The molecule has 3 saturated heterocycles. The lowest BCUT2D eigenvalue weighted by Gasteiger charge is -2.28. The maximum atomic E-state index is 8.86. The van der Waals surface area contributed by atoms with Crippen molar-refractivity contribution in [1.82, 2.24) is 41.5 Å². The molecule has 0 bridgehead atoms. The molecule has 3 aliphatic heterocycles. The summed E-state index contributed by atoms with van der Waals surface area (Å²) in [5, 5.41) is 50.0. The minimum absolute atomic E-state index is 0.102. The SMILES string of the molecule is C1CCNCC1.CC(C)(C)c1ccc(N)cc1.CC(C)(C)c1ccc(NC(NC#N)Oc2ccccc2)cc1.CC(C)(C)c1ccc(NC(NC#N)Oc2ccccc2)cc1.Clc1cccnc1Cl.Clc1cccnc1N1CCNCC1.Clc1cccnc1N1CCNCC1.N#CN=C(Oc1ccccc1)Oc1ccccc1. The van der Waals surface area contributed by atoms with E-state index in [0.29, 0.717) is 33.2 Å². The number of benzene rings is 7. The van der Waals surface area contributed by atoms with Gasteiger partial charge >= 0.3 is 6.08 Å². The van der Waals surface area contributed by atoms with Crippen molar-refractivity contribution in [2.45, 2.75) is 111 Å². The van der Waals surface area contributed by atoms with E-state index in [1.165, 1.54) is 49.0 Å². The van der Waals surface area contributed by atoms with Crippen LogP contribution in [0.5, 0.6) is 23.0 Å². The van der Waals surface area contributed by atoms with E-state index in [-0.39, 0.29) is 22.3 Å². The third-order valence-electron chi connectivity index (χ3n) is 16.5. The molecule has 3 aliphatic rings. The van der Waals surface area contributed by atoms with E-state index < -0.39 is 12.7 Å². The summed E-state index contributed by atoms with van der Waals surface area (Å²) in [6.07, 6.45) is 13.5. The van der Waals surface area contributed by atoms with Crippen LogP contribution in [0.25, 0.3) is 0 Å². The summed E-state index contributed by atoms with van der Waals surface area (Å²) < 4.78 is 22.2. The van der Waals surface area contributed by atoms with E-state index in [1.54, 1.807) is 61.2 Å². The Morgan fingerprint density at radius 2 is 0.743 bits per heavy atom. The van der Waals surface area contributed by atoms with Crippen molar-refractivity contribution in [2.24, 2.45) is 4.99 Å². The summed E-state index contributed by atoms with van der Waals surface area (Å²) in [7, 11) is 0. The van der Waals surface area contributed by atoms with Crippen LogP contribution in [0.3, 0.4) is 0 Å². The Morgan fingerprint density at radius 1 is 0.416 bits per heavy atom. The molecule has 6 heterocycles. The standard InChI is InChI=1S/2C18H21N3O.C14H10N2O2.C10H15N.2C9H12ClN3.C5H3Cl2N.C5H11N/c2*1-18(2,3)14-9-11-15(12-10-14)21-17(20-13-19)22-16-7-5-4-6-8-16;15-11-16-14(17-12-7-3-1-4-8-12)18-13-9-5-2-6-10-13;1-10(2,3)8-4-6-9(11)7-5-8;2*10-8-2-1-3-12-9(8)13-6-4-11-5-7-13;6-4-2-1-3-8-5(4)7;1-2-4-6-5-3-1/h2*4-12,17,20-21H,1-3H3;1-10H;4-7H,11H2,1-3H3;2*1-3,11H,4-7H2;1-3H;6H,1-5H2. The molecule has 7 aromatic carbocycles. The second-order valence-electron chi connectivity index (χ2n) is 28.4. The average Bonchev–Trinajstić information content (AvgIpc) is 0.842. The molecule has 3 fully saturated rings. The average molecular weight is 1610 g/mol. The summed E-state index contributed by atoms with van der Waals surface area (Å²) in [6, 6.07) is 72.0. The van der Waals surface area contributed by atoms with Gasteiger partial charge in [0, 0.05) is 88.0 Å². The van der Waals surface area contributed by atoms with Crippen LogP contribution in [0, 0.1) is 34.4 Å². The predicted octanol–water partition coefficient (Wildman–Crippen LogP) is 18.6.